The van der Waals surface area contributed by atoms with Crippen molar-refractivity contribution in [2.45, 2.75) is 25.6 Å². The van der Waals surface area contributed by atoms with Crippen molar-refractivity contribution in [1.82, 2.24) is 15.1 Å². The van der Waals surface area contributed by atoms with Crippen LogP contribution in [0.1, 0.15) is 17.7 Å². The fraction of sp³-hybridized carbons (Fsp3) is 0.450. The van der Waals surface area contributed by atoms with E-state index in [0.29, 0.717) is 18.8 Å². The quantitative estimate of drug-likeness (QED) is 0.801. The Balaban J connectivity index is 1.24. The van der Waals surface area contributed by atoms with Crippen molar-refractivity contribution in [3.63, 3.8) is 0 Å². The van der Waals surface area contributed by atoms with E-state index in [1.54, 1.807) is 0 Å². The molecule has 1 fully saturated rings. The van der Waals surface area contributed by atoms with Crippen molar-refractivity contribution in [2.24, 2.45) is 0 Å². The molecule has 0 spiro atoms. The maximum absolute atomic E-state index is 12.3. The lowest BCUT2D eigenvalue weighted by Gasteiger charge is -2.34. The standard InChI is InChI=1S/C20H22F3N5O2/c21-20(22,23)30-16-6-4-15(5-7-16)24-19(29)13-27-8-10-28(11-9-27)18-12-14-2-1-3-17(14)25-26-18/h4-7,12H,1-3,8-11,13H2,(H,24,29). The van der Waals surface area contributed by atoms with Gasteiger partial charge >= 0.3 is 6.36 Å². The summed E-state index contributed by atoms with van der Waals surface area (Å²) in [6.45, 7) is 3.15. The predicted molar refractivity (Wildman–Crippen MR) is 104 cm³/mol. The second-order valence-corrected chi connectivity index (χ2v) is 7.41. The predicted octanol–water partition coefficient (Wildman–Crippen LogP) is 2.62. The number of hydrogen-bond donors (Lipinski definition) is 1. The number of carbonyl (C=O) groups is 1. The molecule has 2 aliphatic rings. The number of aryl methyl sites for hydroxylation is 2. The van der Waals surface area contributed by atoms with Crippen LogP contribution in [0.5, 0.6) is 5.75 Å². The number of nitrogens with one attached hydrogen (secondary N) is 1. The second-order valence-electron chi connectivity index (χ2n) is 7.41. The number of halogens is 3. The summed E-state index contributed by atoms with van der Waals surface area (Å²) in [6.07, 6.45) is -1.54. The van der Waals surface area contributed by atoms with Crippen LogP contribution in [0.2, 0.25) is 0 Å². The van der Waals surface area contributed by atoms with Crippen LogP contribution >= 0.6 is 0 Å². The second kappa shape index (κ2) is 8.47. The third-order valence-electron chi connectivity index (χ3n) is 5.24. The molecule has 160 valence electrons. The van der Waals surface area contributed by atoms with Crippen LogP contribution in [0.25, 0.3) is 0 Å². The highest BCUT2D eigenvalue weighted by atomic mass is 19.4. The van der Waals surface area contributed by atoms with Gasteiger partial charge in [-0.3, -0.25) is 9.69 Å². The van der Waals surface area contributed by atoms with E-state index >= 15 is 0 Å². The fourth-order valence-electron chi connectivity index (χ4n) is 3.75. The van der Waals surface area contributed by atoms with Gasteiger partial charge in [0.2, 0.25) is 5.91 Å². The molecular weight excluding hydrogens is 399 g/mol. The summed E-state index contributed by atoms with van der Waals surface area (Å²) >= 11 is 0. The van der Waals surface area contributed by atoms with E-state index in [0.717, 1.165) is 43.9 Å². The third-order valence-corrected chi connectivity index (χ3v) is 5.24. The third kappa shape index (κ3) is 5.18. The molecular formula is C20H22F3N5O2. The van der Waals surface area contributed by atoms with Crippen LogP contribution in [0.15, 0.2) is 30.3 Å². The van der Waals surface area contributed by atoms with Crippen molar-refractivity contribution < 1.29 is 22.7 Å². The largest absolute Gasteiger partial charge is 0.573 e. The molecule has 1 amide bonds. The molecule has 0 radical (unpaired) electrons. The molecule has 1 aliphatic heterocycles. The van der Waals surface area contributed by atoms with Gasteiger partial charge in [-0.15, -0.1) is 18.3 Å². The number of ether oxygens (including phenoxy) is 1. The Kier molecular flexibility index (Phi) is 5.76. The summed E-state index contributed by atoms with van der Waals surface area (Å²) in [7, 11) is 0. The summed E-state index contributed by atoms with van der Waals surface area (Å²) in [4.78, 5) is 16.5. The molecule has 4 rings (SSSR count). The zero-order chi connectivity index (χ0) is 21.1. The molecule has 1 aromatic heterocycles. The number of piperazine rings is 1. The van der Waals surface area contributed by atoms with Gasteiger partial charge in [0.25, 0.3) is 0 Å². The molecule has 1 aliphatic carbocycles. The van der Waals surface area contributed by atoms with E-state index in [9.17, 15) is 18.0 Å². The van der Waals surface area contributed by atoms with E-state index in [-0.39, 0.29) is 18.2 Å². The van der Waals surface area contributed by atoms with Crippen LogP contribution in [-0.4, -0.2) is 60.1 Å². The molecule has 1 saturated heterocycles. The number of fused-ring (bicyclic) bond motifs is 1. The molecule has 30 heavy (non-hydrogen) atoms. The lowest BCUT2D eigenvalue weighted by Crippen LogP contribution is -2.49. The van der Waals surface area contributed by atoms with E-state index in [2.05, 4.69) is 31.2 Å². The van der Waals surface area contributed by atoms with Gasteiger partial charge in [-0.1, -0.05) is 0 Å². The van der Waals surface area contributed by atoms with Gasteiger partial charge in [-0.05, 0) is 55.2 Å². The topological polar surface area (TPSA) is 70.6 Å². The zero-order valence-electron chi connectivity index (χ0n) is 16.3. The highest BCUT2D eigenvalue weighted by Crippen LogP contribution is 2.25. The number of benzene rings is 1. The summed E-state index contributed by atoms with van der Waals surface area (Å²) in [6, 6.07) is 7.22. The van der Waals surface area contributed by atoms with Crippen molar-refractivity contribution >= 4 is 17.4 Å². The Morgan fingerprint density at radius 3 is 2.50 bits per heavy atom. The molecule has 0 saturated carbocycles. The maximum Gasteiger partial charge on any atom is 0.573 e. The first kappa shape index (κ1) is 20.4. The molecule has 2 heterocycles. The van der Waals surface area contributed by atoms with Crippen LogP contribution in [0.4, 0.5) is 24.7 Å². The number of alkyl halides is 3. The number of amides is 1. The summed E-state index contributed by atoms with van der Waals surface area (Å²) < 4.78 is 40.4. The Hall–Kier alpha value is -2.88. The number of aromatic nitrogens is 2. The number of nitrogens with zero attached hydrogens (tertiary/aromatic N) is 4. The molecule has 0 atom stereocenters. The number of carbonyl (C=O) groups excluding carboxylic acids is 1. The summed E-state index contributed by atoms with van der Waals surface area (Å²) in [5.74, 6) is 0.345. The van der Waals surface area contributed by atoms with E-state index < -0.39 is 6.36 Å². The minimum atomic E-state index is -4.74. The van der Waals surface area contributed by atoms with E-state index in [1.807, 2.05) is 4.90 Å². The van der Waals surface area contributed by atoms with Crippen molar-refractivity contribution in [2.75, 3.05) is 42.9 Å². The van der Waals surface area contributed by atoms with Gasteiger partial charge in [-0.25, -0.2) is 0 Å². The molecule has 0 bridgehead atoms. The van der Waals surface area contributed by atoms with Crippen LogP contribution in [0, 0.1) is 0 Å². The minimum absolute atomic E-state index is 0.213. The number of anilines is 2. The molecule has 7 nitrogen and oxygen atoms in total. The van der Waals surface area contributed by atoms with Gasteiger partial charge in [-0.2, -0.15) is 5.10 Å². The molecule has 1 N–H and O–H groups in total. The first-order chi connectivity index (χ1) is 14.4. The fourth-order valence-corrected chi connectivity index (χ4v) is 3.75. The van der Waals surface area contributed by atoms with Crippen LogP contribution < -0.4 is 15.0 Å². The Morgan fingerprint density at radius 2 is 1.80 bits per heavy atom. The van der Waals surface area contributed by atoms with Crippen molar-refractivity contribution in [1.29, 1.82) is 0 Å². The van der Waals surface area contributed by atoms with Crippen molar-refractivity contribution in [3.8, 4) is 5.75 Å². The van der Waals surface area contributed by atoms with Gasteiger partial charge in [0.05, 0.1) is 12.2 Å². The first-order valence-electron chi connectivity index (χ1n) is 9.84. The summed E-state index contributed by atoms with van der Waals surface area (Å²) in [5.41, 5.74) is 2.81. The lowest BCUT2D eigenvalue weighted by molar-refractivity contribution is -0.274. The first-order valence-corrected chi connectivity index (χ1v) is 9.84. The van der Waals surface area contributed by atoms with Gasteiger partial charge < -0.3 is 15.0 Å². The minimum Gasteiger partial charge on any atom is -0.406 e. The molecule has 10 heteroatoms. The highest BCUT2D eigenvalue weighted by Gasteiger charge is 2.31. The highest BCUT2D eigenvalue weighted by molar-refractivity contribution is 5.92. The number of hydrogen-bond acceptors (Lipinski definition) is 6. The van der Waals surface area contributed by atoms with E-state index in [1.165, 1.54) is 29.8 Å². The normalized spacial score (nSPS) is 17.0. The summed E-state index contributed by atoms with van der Waals surface area (Å²) in [5, 5.41) is 11.4. The molecule has 2 aromatic rings. The molecule has 0 unspecified atom stereocenters. The SMILES string of the molecule is O=C(CN1CCN(c2cc3c(nn2)CCC3)CC1)Nc1ccc(OC(F)(F)F)cc1. The zero-order valence-corrected chi connectivity index (χ0v) is 16.3. The Morgan fingerprint density at radius 1 is 1.07 bits per heavy atom. The molecule has 1 aromatic carbocycles. The van der Waals surface area contributed by atoms with Crippen LogP contribution in [0.3, 0.4) is 0 Å². The maximum atomic E-state index is 12.3. The average Bonchev–Trinajstić information content (AvgIpc) is 3.17. The Labute approximate surface area is 171 Å². The van der Waals surface area contributed by atoms with Crippen LogP contribution in [-0.2, 0) is 17.6 Å². The smallest absolute Gasteiger partial charge is 0.406 e. The van der Waals surface area contributed by atoms with Crippen molar-refractivity contribution in [3.05, 3.63) is 41.6 Å². The lowest BCUT2D eigenvalue weighted by atomic mass is 10.2. The number of rotatable bonds is 5. The Bertz CT molecular complexity index is 896. The average molecular weight is 421 g/mol. The van der Waals surface area contributed by atoms with Gasteiger partial charge in [0, 0.05) is 31.9 Å². The van der Waals surface area contributed by atoms with Gasteiger partial charge in [0.1, 0.15) is 5.75 Å². The van der Waals surface area contributed by atoms with E-state index in [4.69, 9.17) is 0 Å². The van der Waals surface area contributed by atoms with Gasteiger partial charge in [0.15, 0.2) is 5.82 Å². The monoisotopic (exact) mass is 421 g/mol.